The second-order valence-electron chi connectivity index (χ2n) is 9.26. The number of aromatic nitrogens is 1. The van der Waals surface area contributed by atoms with Gasteiger partial charge >= 0.3 is 0 Å². The van der Waals surface area contributed by atoms with Crippen LogP contribution in [0.2, 0.25) is 0 Å². The van der Waals surface area contributed by atoms with E-state index in [-0.39, 0.29) is 12.5 Å². The van der Waals surface area contributed by atoms with Crippen LogP contribution in [0.3, 0.4) is 0 Å². The van der Waals surface area contributed by atoms with Gasteiger partial charge in [-0.05, 0) is 54.2 Å². The molecule has 1 atom stereocenters. The summed E-state index contributed by atoms with van der Waals surface area (Å²) in [4.78, 5) is 33.4. The molecule has 0 bridgehead atoms. The summed E-state index contributed by atoms with van der Waals surface area (Å²) in [5, 5.41) is 11.1. The lowest BCUT2D eigenvalue weighted by molar-refractivity contribution is -0.763. The van der Waals surface area contributed by atoms with E-state index < -0.39 is 33.5 Å². The Hall–Kier alpha value is -3.73. The topological polar surface area (TPSA) is 138 Å². The second kappa shape index (κ2) is 11.5. The van der Waals surface area contributed by atoms with Crippen molar-refractivity contribution in [3.63, 3.8) is 0 Å². The summed E-state index contributed by atoms with van der Waals surface area (Å²) in [6.07, 6.45) is 5.33. The smallest absolute Gasteiger partial charge is 0.294 e. The van der Waals surface area contributed by atoms with E-state index in [0.717, 1.165) is 49.3 Å². The Labute approximate surface area is 215 Å². The van der Waals surface area contributed by atoms with Gasteiger partial charge in [-0.1, -0.05) is 49.6 Å². The molecule has 1 N–H and O–H groups in total. The Morgan fingerprint density at radius 3 is 2.59 bits per heavy atom. The Balaban J connectivity index is 1.63. The zero-order valence-electron chi connectivity index (χ0n) is 20.5. The molecule has 1 aromatic heterocycles. The van der Waals surface area contributed by atoms with Crippen molar-refractivity contribution in [2.24, 2.45) is 5.92 Å². The number of nitrogens with one attached hydrogen (secondary N) is 1. The summed E-state index contributed by atoms with van der Waals surface area (Å²) >= 11 is 0. The van der Waals surface area contributed by atoms with Gasteiger partial charge < -0.3 is 9.57 Å². The van der Waals surface area contributed by atoms with Crippen LogP contribution in [0.1, 0.15) is 54.8 Å². The number of hydrogen-bond donors (Lipinski definition) is 1. The fourth-order valence-corrected chi connectivity index (χ4v) is 5.38. The number of pyridine rings is 1. The van der Waals surface area contributed by atoms with Crippen molar-refractivity contribution in [1.29, 1.82) is 0 Å². The molecule has 3 aromatic rings. The predicted octanol–water partition coefficient (Wildman–Crippen LogP) is 4.26. The maximum Gasteiger partial charge on any atom is 0.294 e. The molecule has 1 aliphatic carbocycles. The van der Waals surface area contributed by atoms with Gasteiger partial charge in [0.25, 0.3) is 5.09 Å². The van der Waals surface area contributed by atoms with Crippen LogP contribution in [0, 0.1) is 16.0 Å². The van der Waals surface area contributed by atoms with Crippen LogP contribution < -0.4 is 9.46 Å². The van der Waals surface area contributed by atoms with Gasteiger partial charge in [-0.25, -0.2) is 13.4 Å². The number of amides is 1. The van der Waals surface area contributed by atoms with Crippen LogP contribution in [-0.2, 0) is 32.9 Å². The zero-order valence-corrected chi connectivity index (χ0v) is 21.3. The Bertz CT molecular complexity index is 1390. The first-order valence-corrected chi connectivity index (χ1v) is 14.0. The minimum absolute atomic E-state index is 0.0987. The minimum Gasteiger partial charge on any atom is -0.487 e. The highest BCUT2D eigenvalue weighted by Crippen LogP contribution is 2.39. The number of fused-ring (bicyclic) bond motifs is 1. The van der Waals surface area contributed by atoms with E-state index in [0.29, 0.717) is 22.6 Å². The fraction of sp³-hybridized carbons (Fsp3) is 0.385. The highest BCUT2D eigenvalue weighted by atomic mass is 32.2. The third-order valence-corrected chi connectivity index (χ3v) is 7.08. The quantitative estimate of drug-likeness (QED) is 0.305. The van der Waals surface area contributed by atoms with Gasteiger partial charge in [0.1, 0.15) is 19.0 Å². The van der Waals surface area contributed by atoms with Crippen LogP contribution >= 0.6 is 0 Å². The summed E-state index contributed by atoms with van der Waals surface area (Å²) in [6, 6.07) is 16.5. The molecule has 1 unspecified atom stereocenters. The van der Waals surface area contributed by atoms with Gasteiger partial charge in [-0.2, -0.15) is 0 Å². The first-order chi connectivity index (χ1) is 17.7. The fourth-order valence-electron chi connectivity index (χ4n) is 4.89. The molecule has 37 heavy (non-hydrogen) atoms. The molecule has 0 radical (unpaired) electrons. The lowest BCUT2D eigenvalue weighted by Crippen LogP contribution is -2.38. The first kappa shape index (κ1) is 26.3. The molecule has 1 heterocycles. The summed E-state index contributed by atoms with van der Waals surface area (Å²) < 4.78 is 31.7. The van der Waals surface area contributed by atoms with E-state index in [2.05, 4.69) is 14.5 Å². The lowest BCUT2D eigenvalue weighted by atomic mass is 9.75. The second-order valence-corrected chi connectivity index (χ2v) is 11.0. The summed E-state index contributed by atoms with van der Waals surface area (Å²) in [5.41, 5.74) is 2.43. The first-order valence-electron chi connectivity index (χ1n) is 12.1. The molecule has 0 spiro atoms. The minimum atomic E-state index is -3.79. The number of para-hydroxylation sites is 1. The third-order valence-electron chi connectivity index (χ3n) is 6.51. The van der Waals surface area contributed by atoms with Crippen LogP contribution in [0.25, 0.3) is 10.9 Å². The third kappa shape index (κ3) is 7.16. The molecule has 10 nitrogen and oxygen atoms in total. The van der Waals surface area contributed by atoms with Gasteiger partial charge in [-0.15, -0.1) is 10.1 Å². The predicted molar refractivity (Wildman–Crippen MR) is 137 cm³/mol. The highest BCUT2D eigenvalue weighted by Gasteiger charge is 2.34. The van der Waals surface area contributed by atoms with E-state index in [1.54, 1.807) is 18.2 Å². The van der Waals surface area contributed by atoms with Crippen molar-refractivity contribution in [3.8, 4) is 5.75 Å². The maximum absolute atomic E-state index is 13.1. The number of sulfonamides is 1. The number of ether oxygens (including phenoxy) is 1. The van der Waals surface area contributed by atoms with E-state index >= 15 is 0 Å². The Kier molecular flexibility index (Phi) is 8.22. The van der Waals surface area contributed by atoms with Crippen LogP contribution in [0.15, 0.2) is 54.6 Å². The van der Waals surface area contributed by atoms with Gasteiger partial charge in [0, 0.05) is 5.39 Å². The molecule has 0 saturated heterocycles. The molecule has 0 aliphatic heterocycles. The largest absolute Gasteiger partial charge is 0.487 e. The number of benzene rings is 2. The number of carbonyl (C=O) groups is 1. The van der Waals surface area contributed by atoms with Crippen molar-refractivity contribution in [1.82, 2.24) is 9.71 Å². The van der Waals surface area contributed by atoms with Crippen LogP contribution in [-0.4, -0.2) is 30.7 Å². The average molecular weight is 528 g/mol. The number of nitrogens with zero attached hydrogens (tertiary/aromatic N) is 2. The summed E-state index contributed by atoms with van der Waals surface area (Å²) in [6.45, 7) is -0.233. The van der Waals surface area contributed by atoms with Gasteiger partial charge in [0.15, 0.2) is 0 Å². The lowest BCUT2D eigenvalue weighted by Gasteiger charge is -2.31. The molecule has 1 saturated carbocycles. The van der Waals surface area contributed by atoms with Crippen molar-refractivity contribution < 1.29 is 27.9 Å². The van der Waals surface area contributed by atoms with E-state index in [1.165, 1.54) is 0 Å². The SMILES string of the molecule is CS(=O)(=O)NC(=O)C(c1ccc(OCc2ccc3ccccc3n2)cc1CO[N+](=O)[O-])C1CCCCC1. The monoisotopic (exact) mass is 527 g/mol. The van der Waals surface area contributed by atoms with Crippen molar-refractivity contribution in [2.45, 2.75) is 51.2 Å². The Morgan fingerprint density at radius 2 is 1.86 bits per heavy atom. The van der Waals surface area contributed by atoms with Gasteiger partial charge in [-0.3, -0.25) is 9.52 Å². The van der Waals surface area contributed by atoms with E-state index in [4.69, 9.17) is 4.74 Å². The molecule has 1 aliphatic rings. The highest BCUT2D eigenvalue weighted by molar-refractivity contribution is 7.89. The normalized spacial score (nSPS) is 15.2. The molecular weight excluding hydrogens is 498 g/mol. The maximum atomic E-state index is 13.1. The molecular formula is C26H29N3O7S. The number of carbonyl (C=O) groups excluding carboxylic acids is 1. The summed E-state index contributed by atoms with van der Waals surface area (Å²) in [5.74, 6) is -1.12. The van der Waals surface area contributed by atoms with Crippen molar-refractivity contribution >= 4 is 26.8 Å². The number of rotatable bonds is 10. The Morgan fingerprint density at radius 1 is 1.11 bits per heavy atom. The summed E-state index contributed by atoms with van der Waals surface area (Å²) in [7, 11) is -3.79. The standard InChI is InChI=1S/C26H29N3O7S/c1-37(33,34)28-26(30)25(19-8-3-2-4-9-19)23-14-13-22(15-20(23)16-36-29(31)32)35-17-21-12-11-18-7-5-6-10-24(18)27-21/h5-7,10-15,19,25H,2-4,8-9,16-17H2,1H3,(H,28,30). The van der Waals surface area contributed by atoms with Crippen LogP contribution in [0.4, 0.5) is 0 Å². The number of hydrogen-bond acceptors (Lipinski definition) is 8. The molecule has 1 fully saturated rings. The van der Waals surface area contributed by atoms with Crippen LogP contribution in [0.5, 0.6) is 5.75 Å². The van der Waals surface area contributed by atoms with E-state index in [1.807, 2.05) is 36.4 Å². The van der Waals surface area contributed by atoms with Gasteiger partial charge in [0.05, 0.1) is 23.4 Å². The zero-order chi connectivity index (χ0) is 26.4. The van der Waals surface area contributed by atoms with Gasteiger partial charge in [0.2, 0.25) is 15.9 Å². The van der Waals surface area contributed by atoms with Crippen molar-refractivity contribution in [2.75, 3.05) is 6.26 Å². The molecule has 196 valence electrons. The average Bonchev–Trinajstić information content (AvgIpc) is 2.86. The molecule has 2 aromatic carbocycles. The van der Waals surface area contributed by atoms with Crippen molar-refractivity contribution in [3.05, 3.63) is 81.5 Å². The van der Waals surface area contributed by atoms with E-state index in [9.17, 15) is 23.3 Å². The molecule has 1 amide bonds. The molecule has 11 heteroatoms. The molecule has 4 rings (SSSR count).